The Morgan fingerprint density at radius 1 is 1.06 bits per heavy atom. The smallest absolute Gasteiger partial charge is 0.119 e. The standard InChI is InChI=1S/C15H23ClO/c1-11(2)15(16)10-7-13-5-8-14(9-6-13)17-12(3)4/h5-6,8-9,11-12,15H,7,10H2,1-4H3. The summed E-state index contributed by atoms with van der Waals surface area (Å²) in [5.74, 6) is 1.48. The Labute approximate surface area is 110 Å². The molecule has 0 radical (unpaired) electrons. The van der Waals surface area contributed by atoms with Crippen LogP contribution in [0.5, 0.6) is 5.75 Å². The average Bonchev–Trinajstić information content (AvgIpc) is 2.26. The number of alkyl halides is 1. The van der Waals surface area contributed by atoms with Crippen LogP contribution < -0.4 is 4.74 Å². The number of hydrogen-bond donors (Lipinski definition) is 0. The minimum atomic E-state index is 0.231. The van der Waals surface area contributed by atoms with Gasteiger partial charge in [0.05, 0.1) is 6.10 Å². The van der Waals surface area contributed by atoms with Gasteiger partial charge in [-0.3, -0.25) is 0 Å². The van der Waals surface area contributed by atoms with E-state index in [9.17, 15) is 0 Å². The second-order valence-corrected chi connectivity index (χ2v) is 5.67. The van der Waals surface area contributed by atoms with Crippen LogP contribution >= 0.6 is 11.6 Å². The molecule has 1 nitrogen and oxygen atoms in total. The third-order valence-corrected chi connectivity index (χ3v) is 3.45. The van der Waals surface area contributed by atoms with E-state index in [4.69, 9.17) is 16.3 Å². The predicted molar refractivity (Wildman–Crippen MR) is 75.0 cm³/mol. The first-order chi connectivity index (χ1) is 7.99. The first kappa shape index (κ1) is 14.4. The van der Waals surface area contributed by atoms with Crippen LogP contribution in [0.1, 0.15) is 39.7 Å². The summed E-state index contributed by atoms with van der Waals surface area (Å²) in [6.45, 7) is 8.40. The third-order valence-electron chi connectivity index (χ3n) is 2.73. The molecule has 1 aromatic carbocycles. The summed E-state index contributed by atoms with van der Waals surface area (Å²) < 4.78 is 5.61. The van der Waals surface area contributed by atoms with E-state index in [2.05, 4.69) is 26.0 Å². The molecule has 96 valence electrons. The summed E-state index contributed by atoms with van der Waals surface area (Å²) in [7, 11) is 0. The van der Waals surface area contributed by atoms with Crippen LogP contribution in [0, 0.1) is 5.92 Å². The minimum absolute atomic E-state index is 0.231. The number of rotatable bonds is 6. The lowest BCUT2D eigenvalue weighted by Crippen LogP contribution is -2.09. The third kappa shape index (κ3) is 5.45. The lowest BCUT2D eigenvalue weighted by Gasteiger charge is -2.13. The molecule has 17 heavy (non-hydrogen) atoms. The highest BCUT2D eigenvalue weighted by Gasteiger charge is 2.09. The van der Waals surface area contributed by atoms with Gasteiger partial charge in [0.1, 0.15) is 5.75 Å². The predicted octanol–water partition coefficient (Wildman–Crippen LogP) is 4.67. The van der Waals surface area contributed by atoms with Gasteiger partial charge in [0.25, 0.3) is 0 Å². The van der Waals surface area contributed by atoms with Crippen molar-refractivity contribution in [2.45, 2.75) is 52.0 Å². The van der Waals surface area contributed by atoms with Crippen LogP contribution in [-0.4, -0.2) is 11.5 Å². The molecule has 1 atom stereocenters. The zero-order chi connectivity index (χ0) is 12.8. The number of hydrogen-bond acceptors (Lipinski definition) is 1. The van der Waals surface area contributed by atoms with E-state index in [1.165, 1.54) is 5.56 Å². The molecule has 0 amide bonds. The van der Waals surface area contributed by atoms with Crippen molar-refractivity contribution >= 4 is 11.6 Å². The van der Waals surface area contributed by atoms with Crippen LogP contribution in [0.4, 0.5) is 0 Å². The number of halogens is 1. The molecule has 0 N–H and O–H groups in total. The molecule has 0 fully saturated rings. The summed E-state index contributed by atoms with van der Waals surface area (Å²) in [6.07, 6.45) is 2.30. The molecule has 0 spiro atoms. The van der Waals surface area contributed by atoms with Gasteiger partial charge in [-0.25, -0.2) is 0 Å². The molecule has 1 rings (SSSR count). The summed E-state index contributed by atoms with van der Waals surface area (Å²) in [5.41, 5.74) is 1.33. The lowest BCUT2D eigenvalue weighted by atomic mass is 10.0. The van der Waals surface area contributed by atoms with E-state index in [1.54, 1.807) is 0 Å². The molecule has 0 saturated heterocycles. The average molecular weight is 255 g/mol. The van der Waals surface area contributed by atoms with Crippen molar-refractivity contribution in [2.75, 3.05) is 0 Å². The number of aryl methyl sites for hydroxylation is 1. The first-order valence-electron chi connectivity index (χ1n) is 6.38. The summed E-state index contributed by atoms with van der Waals surface area (Å²) in [6, 6.07) is 8.32. The Balaban J connectivity index is 2.45. The molecule has 1 unspecified atom stereocenters. The van der Waals surface area contributed by atoms with E-state index in [0.717, 1.165) is 18.6 Å². The van der Waals surface area contributed by atoms with Crippen molar-refractivity contribution in [1.29, 1.82) is 0 Å². The van der Waals surface area contributed by atoms with Crippen molar-refractivity contribution in [3.05, 3.63) is 29.8 Å². The van der Waals surface area contributed by atoms with Crippen LogP contribution in [0.2, 0.25) is 0 Å². The highest BCUT2D eigenvalue weighted by Crippen LogP contribution is 2.19. The van der Waals surface area contributed by atoms with E-state index in [1.807, 2.05) is 26.0 Å². The number of ether oxygens (including phenoxy) is 1. The molecular formula is C15H23ClO. The van der Waals surface area contributed by atoms with E-state index in [-0.39, 0.29) is 11.5 Å². The molecule has 0 saturated carbocycles. The zero-order valence-corrected chi connectivity index (χ0v) is 12.0. The fourth-order valence-electron chi connectivity index (χ4n) is 1.64. The highest BCUT2D eigenvalue weighted by molar-refractivity contribution is 6.20. The summed E-state index contributed by atoms with van der Waals surface area (Å²) in [5, 5.41) is 0.265. The van der Waals surface area contributed by atoms with Gasteiger partial charge >= 0.3 is 0 Å². The Morgan fingerprint density at radius 3 is 2.12 bits per heavy atom. The van der Waals surface area contributed by atoms with Gasteiger partial charge < -0.3 is 4.74 Å². The van der Waals surface area contributed by atoms with Crippen LogP contribution in [0.25, 0.3) is 0 Å². The van der Waals surface area contributed by atoms with Gasteiger partial charge in [-0.05, 0) is 50.3 Å². The van der Waals surface area contributed by atoms with E-state index < -0.39 is 0 Å². The molecule has 0 heterocycles. The maximum Gasteiger partial charge on any atom is 0.119 e. The molecule has 0 aliphatic carbocycles. The van der Waals surface area contributed by atoms with Crippen LogP contribution in [0.15, 0.2) is 24.3 Å². The molecule has 0 bridgehead atoms. The highest BCUT2D eigenvalue weighted by atomic mass is 35.5. The van der Waals surface area contributed by atoms with Crippen molar-refractivity contribution in [1.82, 2.24) is 0 Å². The Morgan fingerprint density at radius 2 is 1.65 bits per heavy atom. The van der Waals surface area contributed by atoms with Gasteiger partial charge in [0, 0.05) is 5.38 Å². The summed E-state index contributed by atoms with van der Waals surface area (Å²) >= 11 is 6.24. The molecule has 2 heteroatoms. The topological polar surface area (TPSA) is 9.23 Å². The molecular weight excluding hydrogens is 232 g/mol. The Kier molecular flexibility index (Phi) is 5.84. The normalized spacial score (nSPS) is 13.1. The Hall–Kier alpha value is -0.690. The van der Waals surface area contributed by atoms with Crippen LogP contribution in [-0.2, 0) is 6.42 Å². The lowest BCUT2D eigenvalue weighted by molar-refractivity contribution is 0.242. The molecule has 1 aromatic rings. The fraction of sp³-hybridized carbons (Fsp3) is 0.600. The first-order valence-corrected chi connectivity index (χ1v) is 6.82. The zero-order valence-electron chi connectivity index (χ0n) is 11.2. The molecule has 0 aliphatic heterocycles. The number of benzene rings is 1. The van der Waals surface area contributed by atoms with Gasteiger partial charge in [0.15, 0.2) is 0 Å². The van der Waals surface area contributed by atoms with Crippen molar-refractivity contribution in [3.8, 4) is 5.75 Å². The Bertz CT molecular complexity index is 316. The maximum atomic E-state index is 6.24. The van der Waals surface area contributed by atoms with E-state index in [0.29, 0.717) is 5.92 Å². The van der Waals surface area contributed by atoms with Crippen molar-refractivity contribution < 1.29 is 4.74 Å². The SMILES string of the molecule is CC(C)Oc1ccc(CCC(Cl)C(C)C)cc1. The quantitative estimate of drug-likeness (QED) is 0.671. The second-order valence-electron chi connectivity index (χ2n) is 5.11. The van der Waals surface area contributed by atoms with Crippen LogP contribution in [0.3, 0.4) is 0 Å². The maximum absolute atomic E-state index is 6.24. The van der Waals surface area contributed by atoms with E-state index >= 15 is 0 Å². The molecule has 0 aliphatic rings. The van der Waals surface area contributed by atoms with Crippen molar-refractivity contribution in [2.24, 2.45) is 5.92 Å². The van der Waals surface area contributed by atoms with Gasteiger partial charge in [-0.2, -0.15) is 0 Å². The van der Waals surface area contributed by atoms with Crippen molar-refractivity contribution in [3.63, 3.8) is 0 Å². The fourth-order valence-corrected chi connectivity index (χ4v) is 1.75. The largest absolute Gasteiger partial charge is 0.491 e. The van der Waals surface area contributed by atoms with Gasteiger partial charge in [-0.1, -0.05) is 26.0 Å². The second kappa shape index (κ2) is 6.90. The minimum Gasteiger partial charge on any atom is -0.491 e. The summed E-state index contributed by atoms with van der Waals surface area (Å²) in [4.78, 5) is 0. The van der Waals surface area contributed by atoms with Gasteiger partial charge in [0.2, 0.25) is 0 Å². The van der Waals surface area contributed by atoms with Gasteiger partial charge in [-0.15, -0.1) is 11.6 Å². The molecule has 0 aromatic heterocycles. The monoisotopic (exact) mass is 254 g/mol.